The molecule has 0 unspecified atom stereocenters. The SMILES string of the molecule is CCOC(=O)c1cc(C2CCC2)n2nc(-c3ccc(Br)cc3F)cc2n1. The molecule has 4 rings (SSSR count). The molecule has 0 radical (unpaired) electrons. The van der Waals surface area contributed by atoms with Crippen molar-refractivity contribution >= 4 is 27.5 Å². The number of hydrogen-bond donors (Lipinski definition) is 0. The molecule has 1 fully saturated rings. The maximum absolute atomic E-state index is 14.3. The zero-order valence-corrected chi connectivity index (χ0v) is 15.8. The first-order chi connectivity index (χ1) is 12.6. The maximum atomic E-state index is 14.3. The van der Waals surface area contributed by atoms with Gasteiger partial charge in [0, 0.05) is 27.7 Å². The Morgan fingerprint density at radius 2 is 2.15 bits per heavy atom. The molecule has 7 heteroatoms. The molecule has 0 amide bonds. The van der Waals surface area contributed by atoms with Crippen LogP contribution < -0.4 is 0 Å². The van der Waals surface area contributed by atoms with E-state index in [0.717, 1.165) is 25.0 Å². The van der Waals surface area contributed by atoms with Gasteiger partial charge in [-0.2, -0.15) is 5.10 Å². The van der Waals surface area contributed by atoms with Crippen LogP contribution in [0.25, 0.3) is 16.9 Å². The molecule has 2 heterocycles. The zero-order valence-electron chi connectivity index (χ0n) is 14.2. The molecule has 1 saturated carbocycles. The van der Waals surface area contributed by atoms with Crippen LogP contribution in [0, 0.1) is 5.82 Å². The Morgan fingerprint density at radius 1 is 1.35 bits per heavy atom. The van der Waals surface area contributed by atoms with E-state index in [1.54, 1.807) is 35.7 Å². The first kappa shape index (κ1) is 17.1. The molecule has 0 aliphatic heterocycles. The fourth-order valence-electron chi connectivity index (χ4n) is 3.13. The molecule has 26 heavy (non-hydrogen) atoms. The van der Waals surface area contributed by atoms with Crippen molar-refractivity contribution in [3.8, 4) is 11.3 Å². The number of benzene rings is 1. The van der Waals surface area contributed by atoms with Crippen LogP contribution in [0.5, 0.6) is 0 Å². The summed E-state index contributed by atoms with van der Waals surface area (Å²) in [5.41, 5.74) is 2.60. The van der Waals surface area contributed by atoms with Crippen LogP contribution in [0.2, 0.25) is 0 Å². The largest absolute Gasteiger partial charge is 0.461 e. The third-order valence-corrected chi connectivity index (χ3v) is 5.16. The Labute approximate surface area is 158 Å². The molecule has 0 spiro atoms. The summed E-state index contributed by atoms with van der Waals surface area (Å²) in [6, 6.07) is 8.31. The van der Waals surface area contributed by atoms with Crippen LogP contribution in [-0.4, -0.2) is 27.2 Å². The molecule has 5 nitrogen and oxygen atoms in total. The number of fused-ring (bicyclic) bond motifs is 1. The lowest BCUT2D eigenvalue weighted by Gasteiger charge is -2.26. The highest BCUT2D eigenvalue weighted by Gasteiger charge is 2.26. The molecule has 0 bridgehead atoms. The van der Waals surface area contributed by atoms with Crippen molar-refractivity contribution in [2.45, 2.75) is 32.1 Å². The summed E-state index contributed by atoms with van der Waals surface area (Å²) >= 11 is 3.26. The van der Waals surface area contributed by atoms with Gasteiger partial charge in [0.25, 0.3) is 0 Å². The van der Waals surface area contributed by atoms with Gasteiger partial charge in [0.2, 0.25) is 0 Å². The van der Waals surface area contributed by atoms with E-state index in [9.17, 15) is 9.18 Å². The molecule has 0 atom stereocenters. The normalized spacial score (nSPS) is 14.4. The van der Waals surface area contributed by atoms with Crippen molar-refractivity contribution in [2.75, 3.05) is 6.61 Å². The van der Waals surface area contributed by atoms with Gasteiger partial charge >= 0.3 is 5.97 Å². The Hall–Kier alpha value is -2.28. The lowest BCUT2D eigenvalue weighted by atomic mass is 9.82. The smallest absolute Gasteiger partial charge is 0.357 e. The maximum Gasteiger partial charge on any atom is 0.357 e. The summed E-state index contributed by atoms with van der Waals surface area (Å²) in [6.45, 7) is 2.05. The van der Waals surface area contributed by atoms with Gasteiger partial charge in [-0.3, -0.25) is 0 Å². The number of esters is 1. The van der Waals surface area contributed by atoms with E-state index in [4.69, 9.17) is 4.74 Å². The molecule has 0 N–H and O–H groups in total. The lowest BCUT2D eigenvalue weighted by Crippen LogP contribution is -2.17. The number of ether oxygens (including phenoxy) is 1. The van der Waals surface area contributed by atoms with E-state index in [0.29, 0.717) is 33.9 Å². The highest BCUT2D eigenvalue weighted by Crippen LogP contribution is 2.37. The van der Waals surface area contributed by atoms with Crippen LogP contribution in [-0.2, 0) is 4.74 Å². The van der Waals surface area contributed by atoms with E-state index >= 15 is 0 Å². The molecule has 1 aromatic carbocycles. The minimum Gasteiger partial charge on any atom is -0.461 e. The summed E-state index contributed by atoms with van der Waals surface area (Å²) in [7, 11) is 0. The summed E-state index contributed by atoms with van der Waals surface area (Å²) in [6.07, 6.45) is 3.24. The molecular weight excluding hydrogens is 401 g/mol. The second-order valence-electron chi connectivity index (χ2n) is 6.34. The third-order valence-electron chi connectivity index (χ3n) is 4.67. The number of halogens is 2. The van der Waals surface area contributed by atoms with Gasteiger partial charge in [-0.15, -0.1) is 0 Å². The predicted octanol–water partition coefficient (Wildman–Crippen LogP) is 4.74. The first-order valence-electron chi connectivity index (χ1n) is 8.60. The summed E-state index contributed by atoms with van der Waals surface area (Å²) in [4.78, 5) is 16.5. The topological polar surface area (TPSA) is 56.5 Å². The van der Waals surface area contributed by atoms with Gasteiger partial charge in [-0.05, 0) is 44.0 Å². The molecular formula is C19H17BrFN3O2. The average Bonchev–Trinajstić information content (AvgIpc) is 2.97. The Balaban J connectivity index is 1.86. The van der Waals surface area contributed by atoms with Crippen LogP contribution in [0.4, 0.5) is 4.39 Å². The van der Waals surface area contributed by atoms with Crippen LogP contribution in [0.3, 0.4) is 0 Å². The second kappa shape index (κ2) is 6.79. The Bertz CT molecular complexity index is 998. The van der Waals surface area contributed by atoms with Crippen molar-refractivity contribution in [1.29, 1.82) is 0 Å². The number of rotatable bonds is 4. The monoisotopic (exact) mass is 417 g/mol. The van der Waals surface area contributed by atoms with Crippen molar-refractivity contribution in [3.05, 3.63) is 52.0 Å². The Kier molecular flexibility index (Phi) is 4.48. The van der Waals surface area contributed by atoms with E-state index in [-0.39, 0.29) is 11.5 Å². The van der Waals surface area contributed by atoms with Crippen LogP contribution in [0.1, 0.15) is 48.3 Å². The highest BCUT2D eigenvalue weighted by molar-refractivity contribution is 9.10. The number of nitrogens with zero attached hydrogens (tertiary/aromatic N) is 3. The summed E-state index contributed by atoms with van der Waals surface area (Å²) in [5, 5.41) is 4.57. The molecule has 134 valence electrons. The average molecular weight is 418 g/mol. The van der Waals surface area contributed by atoms with Crippen LogP contribution in [0.15, 0.2) is 34.8 Å². The van der Waals surface area contributed by atoms with Gasteiger partial charge in [0.15, 0.2) is 11.3 Å². The first-order valence-corrected chi connectivity index (χ1v) is 9.39. The molecule has 2 aromatic heterocycles. The minimum absolute atomic E-state index is 0.268. The van der Waals surface area contributed by atoms with Crippen molar-refractivity contribution in [2.24, 2.45) is 0 Å². The Morgan fingerprint density at radius 3 is 2.81 bits per heavy atom. The predicted molar refractivity (Wildman–Crippen MR) is 98.6 cm³/mol. The minimum atomic E-state index is -0.451. The molecule has 3 aromatic rings. The number of carbonyl (C=O) groups excluding carboxylic acids is 1. The van der Waals surface area contributed by atoms with Gasteiger partial charge in [0.1, 0.15) is 5.82 Å². The third kappa shape index (κ3) is 3.00. The number of aromatic nitrogens is 3. The van der Waals surface area contributed by atoms with E-state index in [1.807, 2.05) is 0 Å². The lowest BCUT2D eigenvalue weighted by molar-refractivity contribution is 0.0519. The number of carbonyl (C=O) groups is 1. The zero-order chi connectivity index (χ0) is 18.3. The molecule has 1 aliphatic rings. The number of hydrogen-bond acceptors (Lipinski definition) is 4. The van der Waals surface area contributed by atoms with Gasteiger partial charge in [-0.25, -0.2) is 18.7 Å². The fourth-order valence-corrected chi connectivity index (χ4v) is 3.46. The van der Waals surface area contributed by atoms with E-state index in [1.165, 1.54) is 6.07 Å². The molecule has 0 saturated heterocycles. The summed E-state index contributed by atoms with van der Waals surface area (Å²) < 4.78 is 21.8. The fraction of sp³-hybridized carbons (Fsp3) is 0.316. The van der Waals surface area contributed by atoms with Crippen molar-refractivity contribution in [1.82, 2.24) is 14.6 Å². The van der Waals surface area contributed by atoms with Crippen molar-refractivity contribution in [3.63, 3.8) is 0 Å². The summed E-state index contributed by atoms with van der Waals surface area (Å²) in [5.74, 6) is -0.483. The van der Waals surface area contributed by atoms with Gasteiger partial charge < -0.3 is 4.74 Å². The van der Waals surface area contributed by atoms with Crippen molar-refractivity contribution < 1.29 is 13.9 Å². The van der Waals surface area contributed by atoms with E-state index < -0.39 is 5.97 Å². The highest BCUT2D eigenvalue weighted by atomic mass is 79.9. The quantitative estimate of drug-likeness (QED) is 0.575. The van der Waals surface area contributed by atoms with Crippen LogP contribution >= 0.6 is 15.9 Å². The standard InChI is InChI=1S/C19H17BrFN3O2/c1-2-26-19(25)16-9-17(11-4-3-5-11)24-18(22-16)10-15(23-24)13-7-6-12(20)8-14(13)21/h6-11H,2-5H2,1H3. The van der Waals surface area contributed by atoms with Gasteiger partial charge in [0.05, 0.1) is 12.3 Å². The molecule has 1 aliphatic carbocycles. The van der Waals surface area contributed by atoms with E-state index in [2.05, 4.69) is 26.0 Å². The van der Waals surface area contributed by atoms with Gasteiger partial charge in [-0.1, -0.05) is 22.4 Å². The second-order valence-corrected chi connectivity index (χ2v) is 7.25.